The van der Waals surface area contributed by atoms with Crippen LogP contribution in [-0.2, 0) is 0 Å². The van der Waals surface area contributed by atoms with Crippen molar-refractivity contribution in [2.45, 2.75) is 13.3 Å². The Labute approximate surface area is 94.4 Å². The Balaban J connectivity index is 2.50. The summed E-state index contributed by atoms with van der Waals surface area (Å²) >= 11 is 11.6. The summed E-state index contributed by atoms with van der Waals surface area (Å²) in [5, 5.41) is 4.34. The van der Waals surface area contributed by atoms with Crippen LogP contribution in [0.5, 0.6) is 0 Å². The highest BCUT2D eigenvalue weighted by Gasteiger charge is 1.97. The Morgan fingerprint density at radius 1 is 1.29 bits per heavy atom. The molecule has 3 heteroatoms. The third-order valence-corrected chi connectivity index (χ3v) is 2.41. The van der Waals surface area contributed by atoms with Gasteiger partial charge in [0.15, 0.2) is 0 Å². The molecular formula is C11H11Cl2N. The molecule has 0 aliphatic carbocycles. The van der Waals surface area contributed by atoms with Gasteiger partial charge in [0.05, 0.1) is 10.0 Å². The van der Waals surface area contributed by atoms with E-state index in [1.807, 2.05) is 19.1 Å². The predicted molar refractivity (Wildman–Crippen MR) is 63.0 cm³/mol. The van der Waals surface area contributed by atoms with Crippen molar-refractivity contribution in [3.63, 3.8) is 0 Å². The minimum atomic E-state index is 0.568. The molecule has 0 bridgehead atoms. The van der Waals surface area contributed by atoms with Crippen LogP contribution in [0.25, 0.3) is 0 Å². The Bertz CT molecular complexity index is 363. The smallest absolute Gasteiger partial charge is 0.0612 e. The molecule has 14 heavy (non-hydrogen) atoms. The summed E-state index contributed by atoms with van der Waals surface area (Å²) in [5.41, 5.74) is 0.970. The van der Waals surface area contributed by atoms with Gasteiger partial charge in [0.2, 0.25) is 0 Å². The number of anilines is 1. The largest absolute Gasteiger partial charge is 0.384 e. The molecule has 74 valence electrons. The first-order valence-corrected chi connectivity index (χ1v) is 5.08. The average Bonchev–Trinajstić information content (AvgIpc) is 2.18. The molecule has 0 aliphatic rings. The second-order valence-corrected chi connectivity index (χ2v) is 3.55. The summed E-state index contributed by atoms with van der Waals surface area (Å²) in [5.74, 6) is 5.81. The number of hydrogen-bond acceptors (Lipinski definition) is 1. The molecule has 0 aromatic heterocycles. The van der Waals surface area contributed by atoms with Gasteiger partial charge in [-0.2, -0.15) is 0 Å². The van der Waals surface area contributed by atoms with Gasteiger partial charge >= 0.3 is 0 Å². The van der Waals surface area contributed by atoms with E-state index in [0.717, 1.165) is 18.7 Å². The molecule has 0 spiro atoms. The van der Waals surface area contributed by atoms with Crippen LogP contribution in [0.4, 0.5) is 5.69 Å². The Kier molecular flexibility index (Phi) is 4.65. The Morgan fingerprint density at radius 3 is 2.71 bits per heavy atom. The van der Waals surface area contributed by atoms with Gasteiger partial charge in [-0.3, -0.25) is 0 Å². The van der Waals surface area contributed by atoms with Crippen LogP contribution in [-0.4, -0.2) is 6.54 Å². The first kappa shape index (κ1) is 11.2. The topological polar surface area (TPSA) is 12.0 Å². The zero-order valence-corrected chi connectivity index (χ0v) is 9.41. The van der Waals surface area contributed by atoms with E-state index >= 15 is 0 Å². The lowest BCUT2D eigenvalue weighted by Gasteiger charge is -2.04. The highest BCUT2D eigenvalue weighted by atomic mass is 35.5. The molecular weight excluding hydrogens is 217 g/mol. The van der Waals surface area contributed by atoms with Gasteiger partial charge in [0.25, 0.3) is 0 Å². The van der Waals surface area contributed by atoms with Crippen LogP contribution in [0.3, 0.4) is 0 Å². The van der Waals surface area contributed by atoms with Crippen molar-refractivity contribution in [3.8, 4) is 11.8 Å². The first-order valence-electron chi connectivity index (χ1n) is 4.32. The van der Waals surface area contributed by atoms with E-state index in [-0.39, 0.29) is 0 Å². The molecule has 1 aromatic rings. The molecule has 1 nitrogen and oxygen atoms in total. The van der Waals surface area contributed by atoms with Crippen molar-refractivity contribution in [3.05, 3.63) is 28.2 Å². The third-order valence-electron chi connectivity index (χ3n) is 1.68. The highest BCUT2D eigenvalue weighted by Crippen LogP contribution is 2.24. The van der Waals surface area contributed by atoms with Crippen LogP contribution < -0.4 is 5.32 Å². The third kappa shape index (κ3) is 3.49. The second kappa shape index (κ2) is 5.80. The summed E-state index contributed by atoms with van der Waals surface area (Å²) in [4.78, 5) is 0. The summed E-state index contributed by atoms with van der Waals surface area (Å²) in [6.45, 7) is 2.65. The maximum Gasteiger partial charge on any atom is 0.0612 e. The van der Waals surface area contributed by atoms with E-state index < -0.39 is 0 Å². The predicted octanol–water partition coefficient (Wildman–Crippen LogP) is 3.82. The second-order valence-electron chi connectivity index (χ2n) is 2.73. The minimum absolute atomic E-state index is 0.568. The van der Waals surface area contributed by atoms with Crippen LogP contribution in [0.1, 0.15) is 13.3 Å². The van der Waals surface area contributed by atoms with Crippen LogP contribution in [0.15, 0.2) is 18.2 Å². The fraction of sp³-hybridized carbons (Fsp3) is 0.273. The normalized spacial score (nSPS) is 9.07. The zero-order valence-electron chi connectivity index (χ0n) is 7.90. The summed E-state index contributed by atoms with van der Waals surface area (Å²) in [7, 11) is 0. The van der Waals surface area contributed by atoms with E-state index in [9.17, 15) is 0 Å². The quantitative estimate of drug-likeness (QED) is 0.612. The van der Waals surface area contributed by atoms with Crippen molar-refractivity contribution in [2.24, 2.45) is 0 Å². The van der Waals surface area contributed by atoms with Crippen LogP contribution in [0, 0.1) is 11.8 Å². The molecule has 0 fully saturated rings. The van der Waals surface area contributed by atoms with Crippen LogP contribution >= 0.6 is 23.2 Å². The van der Waals surface area contributed by atoms with Crippen molar-refractivity contribution >= 4 is 28.9 Å². The zero-order chi connectivity index (χ0) is 10.4. The summed E-state index contributed by atoms with van der Waals surface area (Å²) in [6, 6.07) is 5.48. The highest BCUT2D eigenvalue weighted by molar-refractivity contribution is 6.42. The molecule has 1 rings (SSSR count). The number of hydrogen-bond donors (Lipinski definition) is 1. The Morgan fingerprint density at radius 2 is 2.07 bits per heavy atom. The van der Waals surface area contributed by atoms with Gasteiger partial charge in [-0.15, -0.1) is 11.8 Å². The average molecular weight is 228 g/mol. The minimum Gasteiger partial charge on any atom is -0.384 e. The van der Waals surface area contributed by atoms with Gasteiger partial charge in [0.1, 0.15) is 0 Å². The summed E-state index contributed by atoms with van der Waals surface area (Å²) < 4.78 is 0. The molecule has 0 radical (unpaired) electrons. The van der Waals surface area contributed by atoms with Crippen molar-refractivity contribution < 1.29 is 0 Å². The van der Waals surface area contributed by atoms with E-state index in [1.54, 1.807) is 6.07 Å². The molecule has 0 atom stereocenters. The van der Waals surface area contributed by atoms with Gasteiger partial charge in [-0.25, -0.2) is 0 Å². The molecule has 0 amide bonds. The molecule has 0 saturated heterocycles. The first-order chi connectivity index (χ1) is 6.74. The fourth-order valence-corrected chi connectivity index (χ4v) is 1.30. The van der Waals surface area contributed by atoms with E-state index in [1.165, 1.54) is 0 Å². The number of halogens is 2. The van der Waals surface area contributed by atoms with E-state index in [2.05, 4.69) is 17.2 Å². The maximum absolute atomic E-state index is 5.85. The van der Waals surface area contributed by atoms with Crippen molar-refractivity contribution in [2.75, 3.05) is 11.9 Å². The molecule has 0 aliphatic heterocycles. The number of rotatable bonds is 3. The summed E-state index contributed by atoms with van der Waals surface area (Å²) in [6.07, 6.45) is 0.830. The number of benzene rings is 1. The van der Waals surface area contributed by atoms with E-state index in [0.29, 0.717) is 10.0 Å². The van der Waals surface area contributed by atoms with Gasteiger partial charge in [0, 0.05) is 18.7 Å². The van der Waals surface area contributed by atoms with E-state index in [4.69, 9.17) is 23.2 Å². The lowest BCUT2D eigenvalue weighted by atomic mass is 10.3. The van der Waals surface area contributed by atoms with Gasteiger partial charge in [-0.05, 0) is 25.1 Å². The fourth-order valence-electron chi connectivity index (χ4n) is 1.00. The van der Waals surface area contributed by atoms with Crippen molar-refractivity contribution in [1.29, 1.82) is 0 Å². The Hall–Kier alpha value is -0.840. The monoisotopic (exact) mass is 227 g/mol. The van der Waals surface area contributed by atoms with Gasteiger partial charge < -0.3 is 5.32 Å². The standard InChI is InChI=1S/C11H11Cl2N/c1-2-3-4-7-14-9-5-6-10(12)11(13)8-9/h5-6,8,14H,4,7H2,1H3. The lowest BCUT2D eigenvalue weighted by Crippen LogP contribution is -1.99. The lowest BCUT2D eigenvalue weighted by molar-refractivity contribution is 1.10. The van der Waals surface area contributed by atoms with Crippen LogP contribution in [0.2, 0.25) is 10.0 Å². The van der Waals surface area contributed by atoms with Gasteiger partial charge in [-0.1, -0.05) is 23.2 Å². The number of nitrogens with one attached hydrogen (secondary N) is 1. The molecule has 0 unspecified atom stereocenters. The van der Waals surface area contributed by atoms with Crippen molar-refractivity contribution in [1.82, 2.24) is 0 Å². The molecule has 1 aromatic carbocycles. The maximum atomic E-state index is 5.85. The SMILES string of the molecule is CC#CCCNc1ccc(Cl)c(Cl)c1. The molecule has 1 N–H and O–H groups in total. The molecule has 0 heterocycles. The molecule has 0 saturated carbocycles.